The number of carbonyl (C=O) groups is 1. The second-order valence-corrected chi connectivity index (χ2v) is 1.53. The zero-order chi connectivity index (χ0) is 5.82. The van der Waals surface area contributed by atoms with E-state index < -0.39 is 0 Å². The van der Waals surface area contributed by atoms with E-state index in [1.807, 2.05) is 18.2 Å². The molecule has 2 heteroatoms. The molecule has 0 radical (unpaired) electrons. The van der Waals surface area contributed by atoms with Crippen molar-refractivity contribution in [3.05, 3.63) is 35.9 Å². The van der Waals surface area contributed by atoms with Gasteiger partial charge in [-0.3, -0.25) is 4.79 Å². The quantitative estimate of drug-likeness (QED) is 0.532. The third-order valence-electron chi connectivity index (χ3n) is 0.936. The van der Waals surface area contributed by atoms with Crippen LogP contribution in [0.5, 0.6) is 0 Å². The van der Waals surface area contributed by atoms with Crippen LogP contribution >= 0.6 is 0 Å². The first kappa shape index (κ1) is 12.2. The van der Waals surface area contributed by atoms with E-state index in [4.69, 9.17) is 0 Å². The Morgan fingerprint density at radius 1 is 1.10 bits per heavy atom. The third kappa shape index (κ3) is 3.55. The Bertz CT molecular complexity index is 172. The number of rotatable bonds is 1. The molecule has 0 amide bonds. The second-order valence-electron chi connectivity index (χ2n) is 1.53. The molecular weight excluding hydrogens is 219 g/mol. The van der Waals surface area contributed by atoms with E-state index in [1.165, 1.54) is 0 Å². The molecule has 0 saturated carbocycles. The summed E-state index contributed by atoms with van der Waals surface area (Å²) in [5.41, 5.74) is 0.729. The van der Waals surface area contributed by atoms with Crippen molar-refractivity contribution in [2.75, 3.05) is 0 Å². The van der Waals surface area contributed by atoms with Gasteiger partial charge in [-0.05, 0) is 0 Å². The van der Waals surface area contributed by atoms with Crippen molar-refractivity contribution in [2.24, 2.45) is 0 Å². The van der Waals surface area contributed by atoms with Crippen LogP contribution in [0.25, 0.3) is 0 Å². The molecule has 0 N–H and O–H groups in total. The first-order valence-electron chi connectivity index (χ1n) is 2.44. The summed E-state index contributed by atoms with van der Waals surface area (Å²) in [6.45, 7) is 0. The summed E-state index contributed by atoms with van der Waals surface area (Å²) in [6.07, 6.45) is 0.833. The molecule has 58 valence electrons. The number of hydrogen-bond acceptors (Lipinski definition) is 1. The number of carbonyl (C=O) groups excluding carboxylic acids is 1. The number of aldehydes is 1. The van der Waals surface area contributed by atoms with Crippen LogP contribution in [0.3, 0.4) is 0 Å². The van der Waals surface area contributed by atoms with E-state index in [9.17, 15) is 4.79 Å². The first-order valence-corrected chi connectivity index (χ1v) is 2.44. The van der Waals surface area contributed by atoms with Gasteiger partial charge in [-0.1, -0.05) is 37.8 Å². The largest absolute Gasteiger partial charge is 0.298 e. The molecule has 0 bridgehead atoms. The third-order valence-corrected chi connectivity index (χ3v) is 0.936. The predicted octanol–water partition coefficient (Wildman–Crippen LogP) is 2.13. The van der Waals surface area contributed by atoms with Crippen LogP contribution in [-0.2, 0) is 20.4 Å². The van der Waals surface area contributed by atoms with Gasteiger partial charge in [0.1, 0.15) is 6.29 Å². The molecule has 0 aliphatic rings. The monoisotopic (exact) mass is 228 g/mol. The Morgan fingerprint density at radius 2 is 1.60 bits per heavy atom. The summed E-state index contributed by atoms with van der Waals surface area (Å²) in [5, 5.41) is 0. The van der Waals surface area contributed by atoms with Gasteiger partial charge in [0.25, 0.3) is 0 Å². The van der Waals surface area contributed by atoms with Crippen LogP contribution in [0, 0.1) is 0 Å². The van der Waals surface area contributed by atoms with Crippen LogP contribution in [0.4, 0.5) is 0 Å². The number of hydrogen-bond donors (Lipinski definition) is 0. The summed E-state index contributed by atoms with van der Waals surface area (Å²) in [6, 6.07) is 9.10. The fourth-order valence-electron chi connectivity index (χ4n) is 0.532. The van der Waals surface area contributed by atoms with E-state index in [0.29, 0.717) is 0 Å². The summed E-state index contributed by atoms with van der Waals surface area (Å²) in [5.74, 6) is 0. The van der Waals surface area contributed by atoms with Gasteiger partial charge in [-0.2, -0.15) is 0 Å². The second kappa shape index (κ2) is 6.67. The van der Waals surface area contributed by atoms with Gasteiger partial charge in [0.2, 0.25) is 0 Å². The van der Waals surface area contributed by atoms with Crippen molar-refractivity contribution in [1.82, 2.24) is 0 Å². The summed E-state index contributed by atoms with van der Waals surface area (Å²) < 4.78 is 0. The fraction of sp³-hybridized carbons (Fsp3) is 0.125. The van der Waals surface area contributed by atoms with Crippen LogP contribution < -0.4 is 0 Å². The fourth-order valence-corrected chi connectivity index (χ4v) is 0.532. The van der Waals surface area contributed by atoms with E-state index in [0.717, 1.165) is 11.8 Å². The molecule has 0 heterocycles. The average Bonchev–Trinajstić information content (AvgIpc) is 1.90. The van der Waals surface area contributed by atoms with Crippen molar-refractivity contribution in [3.8, 4) is 0 Å². The Kier molecular flexibility index (Phi) is 8.17. The normalized spacial score (nSPS) is 6.80. The maximum Gasteiger partial charge on any atom is 0.150 e. The van der Waals surface area contributed by atoms with Gasteiger partial charge in [0.05, 0.1) is 0 Å². The smallest absolute Gasteiger partial charge is 0.150 e. The number of benzene rings is 1. The molecule has 1 aromatic carbocycles. The van der Waals surface area contributed by atoms with Crippen molar-refractivity contribution >= 4 is 6.29 Å². The summed E-state index contributed by atoms with van der Waals surface area (Å²) in [4.78, 5) is 10.0. The molecule has 0 aliphatic heterocycles. The molecular formula is C8H10OPd. The predicted molar refractivity (Wildman–Crippen MR) is 38.6 cm³/mol. The minimum absolute atomic E-state index is 0. The van der Waals surface area contributed by atoms with Crippen molar-refractivity contribution in [3.63, 3.8) is 0 Å². The average molecular weight is 229 g/mol. The zero-order valence-corrected chi connectivity index (χ0v) is 6.24. The Labute approximate surface area is 75.1 Å². The molecule has 0 fully saturated rings. The van der Waals surface area contributed by atoms with Crippen molar-refractivity contribution < 1.29 is 25.2 Å². The van der Waals surface area contributed by atoms with E-state index in [2.05, 4.69) is 0 Å². The Hall–Kier alpha value is -0.448. The van der Waals surface area contributed by atoms with Crippen molar-refractivity contribution in [1.29, 1.82) is 0 Å². The maximum atomic E-state index is 10.0. The zero-order valence-electron chi connectivity index (χ0n) is 4.69. The maximum absolute atomic E-state index is 10.0. The molecule has 1 nitrogen and oxygen atoms in total. The standard InChI is InChI=1S/C7H6O.CH4.Pd/c8-6-7-4-2-1-3-5-7;;/h1-6H;1H4;. The molecule has 10 heavy (non-hydrogen) atoms. The van der Waals surface area contributed by atoms with Crippen LogP contribution in [0.2, 0.25) is 0 Å². The molecule has 0 spiro atoms. The summed E-state index contributed by atoms with van der Waals surface area (Å²) >= 11 is 0. The van der Waals surface area contributed by atoms with E-state index in [1.54, 1.807) is 12.1 Å². The minimum Gasteiger partial charge on any atom is -0.298 e. The molecule has 1 rings (SSSR count). The topological polar surface area (TPSA) is 17.1 Å². The van der Waals surface area contributed by atoms with Crippen LogP contribution in [0.15, 0.2) is 30.3 Å². The van der Waals surface area contributed by atoms with Crippen LogP contribution in [0.1, 0.15) is 17.8 Å². The van der Waals surface area contributed by atoms with E-state index in [-0.39, 0.29) is 27.8 Å². The Morgan fingerprint density at radius 3 is 1.90 bits per heavy atom. The van der Waals surface area contributed by atoms with E-state index >= 15 is 0 Å². The molecule has 1 aromatic rings. The van der Waals surface area contributed by atoms with Gasteiger partial charge in [0, 0.05) is 26.0 Å². The van der Waals surface area contributed by atoms with Gasteiger partial charge < -0.3 is 0 Å². The van der Waals surface area contributed by atoms with Gasteiger partial charge >= 0.3 is 0 Å². The first-order chi connectivity index (χ1) is 3.93. The van der Waals surface area contributed by atoms with Gasteiger partial charge in [-0.25, -0.2) is 0 Å². The molecule has 0 saturated heterocycles. The molecule has 0 atom stereocenters. The minimum atomic E-state index is 0. The van der Waals surface area contributed by atoms with Gasteiger partial charge in [0.15, 0.2) is 0 Å². The molecule has 0 aromatic heterocycles. The van der Waals surface area contributed by atoms with Gasteiger partial charge in [-0.15, -0.1) is 0 Å². The summed E-state index contributed by atoms with van der Waals surface area (Å²) in [7, 11) is 0. The van der Waals surface area contributed by atoms with Crippen molar-refractivity contribution in [2.45, 2.75) is 7.43 Å². The van der Waals surface area contributed by atoms with Crippen LogP contribution in [-0.4, -0.2) is 6.29 Å². The molecule has 0 aliphatic carbocycles. The molecule has 0 unspecified atom stereocenters. The Balaban J connectivity index is 0. The SMILES string of the molecule is C.O=Cc1ccccc1.[Pd].